The van der Waals surface area contributed by atoms with E-state index in [1.807, 2.05) is 54.6 Å². The molecule has 182 valence electrons. The molecule has 0 amide bonds. The Bertz CT molecular complexity index is 1160. The molecule has 1 aliphatic rings. The third-order valence-corrected chi connectivity index (χ3v) is 5.62. The number of rotatable bonds is 11. The van der Waals surface area contributed by atoms with Gasteiger partial charge in [0.25, 0.3) is 0 Å². The second-order valence-corrected chi connectivity index (χ2v) is 8.36. The van der Waals surface area contributed by atoms with Crippen LogP contribution in [-0.2, 0) is 16.1 Å². The lowest BCUT2D eigenvalue weighted by molar-refractivity contribution is -0.136. The van der Waals surface area contributed by atoms with Gasteiger partial charge >= 0.3 is 5.97 Å². The van der Waals surface area contributed by atoms with Crippen molar-refractivity contribution in [2.75, 3.05) is 13.7 Å². The second kappa shape index (κ2) is 11.9. The molecule has 1 aliphatic carbocycles. The third-order valence-electron chi connectivity index (χ3n) is 5.62. The zero-order valence-corrected chi connectivity index (χ0v) is 19.7. The van der Waals surface area contributed by atoms with Crippen molar-refractivity contribution >= 4 is 11.7 Å². The van der Waals surface area contributed by atoms with Crippen molar-refractivity contribution in [3.05, 3.63) is 83.9 Å². The summed E-state index contributed by atoms with van der Waals surface area (Å²) in [6, 6.07) is 22.3. The monoisotopic (exact) mass is 475 g/mol. The van der Waals surface area contributed by atoms with E-state index >= 15 is 0 Å². The molecule has 7 heteroatoms. The molecule has 1 N–H and O–H groups in total. The maximum absolute atomic E-state index is 11.3. The SMILES string of the molecule is CO/N=C(\COc1cc(CC(=O)O)cc(OC2CCCC2)c1)c1cccc(Oc2ccccc2)c1. The first-order valence-electron chi connectivity index (χ1n) is 11.7. The molecule has 0 heterocycles. The van der Waals surface area contributed by atoms with Gasteiger partial charge in [0.1, 0.15) is 42.4 Å². The number of hydrogen-bond donors (Lipinski definition) is 1. The first kappa shape index (κ1) is 24.1. The maximum atomic E-state index is 11.3. The van der Waals surface area contributed by atoms with E-state index in [1.54, 1.807) is 18.2 Å². The van der Waals surface area contributed by atoms with Crippen LogP contribution in [0.4, 0.5) is 0 Å². The Balaban J connectivity index is 1.50. The van der Waals surface area contributed by atoms with Gasteiger partial charge in [0.15, 0.2) is 0 Å². The molecule has 0 atom stereocenters. The van der Waals surface area contributed by atoms with Gasteiger partial charge in [-0.05, 0) is 67.6 Å². The van der Waals surface area contributed by atoms with Gasteiger partial charge < -0.3 is 24.2 Å². The maximum Gasteiger partial charge on any atom is 0.307 e. The lowest BCUT2D eigenvalue weighted by atomic mass is 10.1. The summed E-state index contributed by atoms with van der Waals surface area (Å²) < 4.78 is 18.1. The first-order chi connectivity index (χ1) is 17.1. The second-order valence-electron chi connectivity index (χ2n) is 8.36. The highest BCUT2D eigenvalue weighted by atomic mass is 16.6. The third kappa shape index (κ3) is 7.24. The van der Waals surface area contributed by atoms with Crippen molar-refractivity contribution in [2.24, 2.45) is 5.16 Å². The highest BCUT2D eigenvalue weighted by Crippen LogP contribution is 2.29. The minimum Gasteiger partial charge on any atom is -0.490 e. The number of para-hydroxylation sites is 1. The van der Waals surface area contributed by atoms with E-state index in [-0.39, 0.29) is 19.1 Å². The molecule has 0 spiro atoms. The van der Waals surface area contributed by atoms with Crippen LogP contribution < -0.4 is 14.2 Å². The normalized spacial score (nSPS) is 13.9. The number of aliphatic carboxylic acids is 1. The van der Waals surface area contributed by atoms with E-state index < -0.39 is 5.97 Å². The van der Waals surface area contributed by atoms with Crippen molar-refractivity contribution in [3.8, 4) is 23.0 Å². The van der Waals surface area contributed by atoms with E-state index in [9.17, 15) is 9.90 Å². The Labute approximate surface area is 204 Å². The first-order valence-corrected chi connectivity index (χ1v) is 11.7. The molecular weight excluding hydrogens is 446 g/mol. The number of ether oxygens (including phenoxy) is 3. The van der Waals surface area contributed by atoms with Gasteiger partial charge in [0.05, 0.1) is 12.5 Å². The highest BCUT2D eigenvalue weighted by Gasteiger charge is 2.18. The molecule has 1 fully saturated rings. The molecule has 0 saturated heterocycles. The summed E-state index contributed by atoms with van der Waals surface area (Å²) in [6.45, 7) is 0.113. The van der Waals surface area contributed by atoms with Crippen molar-refractivity contribution in [1.82, 2.24) is 0 Å². The fourth-order valence-corrected chi connectivity index (χ4v) is 4.05. The Morgan fingerprint density at radius 2 is 1.66 bits per heavy atom. The molecule has 0 radical (unpaired) electrons. The molecule has 1 saturated carbocycles. The van der Waals surface area contributed by atoms with Crippen LogP contribution >= 0.6 is 0 Å². The van der Waals surface area contributed by atoms with Gasteiger partial charge in [-0.25, -0.2) is 0 Å². The zero-order valence-electron chi connectivity index (χ0n) is 19.7. The lowest BCUT2D eigenvalue weighted by Crippen LogP contribution is -2.15. The number of nitrogens with zero attached hydrogens (tertiary/aromatic N) is 1. The molecule has 3 aromatic carbocycles. The van der Waals surface area contributed by atoms with E-state index in [0.29, 0.717) is 28.5 Å². The molecule has 0 aliphatic heterocycles. The minimum absolute atomic E-state index is 0.113. The largest absolute Gasteiger partial charge is 0.490 e. The van der Waals surface area contributed by atoms with Crippen molar-refractivity contribution in [2.45, 2.75) is 38.2 Å². The number of carbonyl (C=O) groups is 1. The summed E-state index contributed by atoms with van der Waals surface area (Å²) in [6.07, 6.45) is 4.34. The molecule has 0 bridgehead atoms. The smallest absolute Gasteiger partial charge is 0.307 e. The summed E-state index contributed by atoms with van der Waals surface area (Å²) in [7, 11) is 1.48. The molecule has 4 rings (SSSR count). The molecule has 0 unspecified atom stereocenters. The fraction of sp³-hybridized carbons (Fsp3) is 0.286. The standard InChI is InChI=1S/C28H29NO6/c1-32-29-27(21-8-7-13-24(17-21)34-22-9-3-2-4-10-22)19-33-25-14-20(16-28(30)31)15-26(18-25)35-23-11-5-6-12-23/h2-4,7-10,13-15,17-18,23H,5-6,11-12,16,19H2,1H3,(H,30,31)/b29-27+. The molecule has 0 aromatic heterocycles. The fourth-order valence-electron chi connectivity index (χ4n) is 4.05. The number of carboxylic acids is 1. The average molecular weight is 476 g/mol. The number of carboxylic acid groups (broad SMARTS) is 1. The predicted molar refractivity (Wildman–Crippen MR) is 133 cm³/mol. The van der Waals surface area contributed by atoms with Crippen molar-refractivity contribution in [1.29, 1.82) is 0 Å². The number of benzene rings is 3. The molecule has 35 heavy (non-hydrogen) atoms. The Kier molecular flexibility index (Phi) is 8.22. The van der Waals surface area contributed by atoms with E-state index in [1.165, 1.54) is 7.11 Å². The molecular formula is C28H29NO6. The van der Waals surface area contributed by atoms with Crippen LogP contribution in [0, 0.1) is 0 Å². The molecule has 3 aromatic rings. The molecule has 7 nitrogen and oxygen atoms in total. The van der Waals surface area contributed by atoms with E-state index in [0.717, 1.165) is 37.0 Å². The predicted octanol–water partition coefficient (Wildman–Crippen LogP) is 5.86. The van der Waals surface area contributed by atoms with Gasteiger partial charge in [0, 0.05) is 11.6 Å². The number of hydrogen-bond acceptors (Lipinski definition) is 6. The lowest BCUT2D eigenvalue weighted by Gasteiger charge is -2.16. The van der Waals surface area contributed by atoms with Crippen LogP contribution in [-0.4, -0.2) is 36.6 Å². The van der Waals surface area contributed by atoms with Crippen LogP contribution in [0.5, 0.6) is 23.0 Å². The van der Waals surface area contributed by atoms with Crippen LogP contribution in [0.2, 0.25) is 0 Å². The summed E-state index contributed by atoms with van der Waals surface area (Å²) >= 11 is 0. The van der Waals surface area contributed by atoms with Gasteiger partial charge in [-0.15, -0.1) is 0 Å². The van der Waals surface area contributed by atoms with Gasteiger partial charge in [-0.2, -0.15) is 0 Å². The van der Waals surface area contributed by atoms with Crippen LogP contribution in [0.3, 0.4) is 0 Å². The Morgan fingerprint density at radius 3 is 2.40 bits per heavy atom. The summed E-state index contributed by atoms with van der Waals surface area (Å²) in [5.41, 5.74) is 1.96. The zero-order chi connectivity index (χ0) is 24.5. The van der Waals surface area contributed by atoms with E-state index in [2.05, 4.69) is 5.16 Å². The van der Waals surface area contributed by atoms with Crippen LogP contribution in [0.25, 0.3) is 0 Å². The minimum atomic E-state index is -0.911. The van der Waals surface area contributed by atoms with Crippen molar-refractivity contribution in [3.63, 3.8) is 0 Å². The summed E-state index contributed by atoms with van der Waals surface area (Å²) in [5.74, 6) is 1.61. The summed E-state index contributed by atoms with van der Waals surface area (Å²) in [4.78, 5) is 16.4. The van der Waals surface area contributed by atoms with Gasteiger partial charge in [0.2, 0.25) is 0 Å². The quantitative estimate of drug-likeness (QED) is 0.276. The summed E-state index contributed by atoms with van der Waals surface area (Å²) in [5, 5.41) is 13.4. The topological polar surface area (TPSA) is 86.6 Å². The van der Waals surface area contributed by atoms with Gasteiger partial charge in [-0.1, -0.05) is 35.5 Å². The Hall–Kier alpha value is -4.00. The Morgan fingerprint density at radius 1 is 0.914 bits per heavy atom. The van der Waals surface area contributed by atoms with Crippen LogP contribution in [0.1, 0.15) is 36.8 Å². The van der Waals surface area contributed by atoms with Gasteiger partial charge in [-0.3, -0.25) is 4.79 Å². The highest BCUT2D eigenvalue weighted by molar-refractivity contribution is 6.01. The number of oxime groups is 1. The van der Waals surface area contributed by atoms with E-state index in [4.69, 9.17) is 19.0 Å². The van der Waals surface area contributed by atoms with Crippen LogP contribution in [0.15, 0.2) is 78.0 Å². The average Bonchev–Trinajstić information content (AvgIpc) is 3.35. The van der Waals surface area contributed by atoms with Crippen molar-refractivity contribution < 1.29 is 28.9 Å².